The highest BCUT2D eigenvalue weighted by atomic mass is 32.1. The molecule has 7 heteroatoms. The maximum absolute atomic E-state index is 10.9. The van der Waals surface area contributed by atoms with E-state index in [2.05, 4.69) is 15.8 Å². The second kappa shape index (κ2) is 7.28. The van der Waals surface area contributed by atoms with Crippen LogP contribution in [0.2, 0.25) is 0 Å². The Bertz CT molecular complexity index is 716. The van der Waals surface area contributed by atoms with Crippen LogP contribution in [0.25, 0.3) is 0 Å². The number of anilines is 1. The standard InChI is InChI=1S/C15H14N4O2S/c1-11(12-7-3-2-4-8-12)17-18-15(22)16-13-9-5-6-10-14(13)19(20)21/h2-10H,1H3,(H2,16,18,22)/b17-11-. The van der Waals surface area contributed by atoms with Crippen LogP contribution in [0.5, 0.6) is 0 Å². The maximum atomic E-state index is 10.9. The minimum absolute atomic E-state index is 0.0459. The zero-order chi connectivity index (χ0) is 15.9. The summed E-state index contributed by atoms with van der Waals surface area (Å²) < 4.78 is 0. The van der Waals surface area contributed by atoms with E-state index in [1.807, 2.05) is 37.3 Å². The van der Waals surface area contributed by atoms with E-state index in [-0.39, 0.29) is 10.8 Å². The largest absolute Gasteiger partial charge is 0.326 e. The predicted octanol–water partition coefficient (Wildman–Crippen LogP) is 3.31. The SMILES string of the molecule is C/C(=N/NC(=S)Nc1ccccc1[N+](=O)[O-])c1ccccc1. The minimum Gasteiger partial charge on any atom is -0.326 e. The first-order valence-corrected chi connectivity index (χ1v) is 6.89. The molecule has 0 heterocycles. The van der Waals surface area contributed by atoms with Crippen LogP contribution in [-0.2, 0) is 0 Å². The minimum atomic E-state index is -0.469. The Labute approximate surface area is 133 Å². The molecule has 0 aliphatic heterocycles. The highest BCUT2D eigenvalue weighted by molar-refractivity contribution is 7.80. The molecular formula is C15H14N4O2S. The first-order chi connectivity index (χ1) is 10.6. The number of hydrogen-bond acceptors (Lipinski definition) is 4. The molecule has 2 rings (SSSR count). The van der Waals surface area contributed by atoms with Gasteiger partial charge in [0.15, 0.2) is 5.11 Å². The van der Waals surface area contributed by atoms with Gasteiger partial charge < -0.3 is 5.32 Å². The lowest BCUT2D eigenvalue weighted by molar-refractivity contribution is -0.383. The number of benzene rings is 2. The number of nitro benzene ring substituents is 1. The molecule has 0 aromatic heterocycles. The third-order valence-electron chi connectivity index (χ3n) is 2.87. The fraction of sp³-hybridized carbons (Fsp3) is 0.0667. The van der Waals surface area contributed by atoms with Crippen LogP contribution in [0.15, 0.2) is 59.7 Å². The van der Waals surface area contributed by atoms with Crippen molar-refractivity contribution in [3.8, 4) is 0 Å². The molecule has 2 N–H and O–H groups in total. The van der Waals surface area contributed by atoms with Crippen LogP contribution in [0.4, 0.5) is 11.4 Å². The summed E-state index contributed by atoms with van der Waals surface area (Å²) in [6, 6.07) is 15.9. The average Bonchev–Trinajstić information content (AvgIpc) is 2.53. The van der Waals surface area contributed by atoms with Gasteiger partial charge in [0.2, 0.25) is 0 Å². The highest BCUT2D eigenvalue weighted by Crippen LogP contribution is 2.22. The first kappa shape index (κ1) is 15.6. The van der Waals surface area contributed by atoms with Crippen molar-refractivity contribution in [2.45, 2.75) is 6.92 Å². The lowest BCUT2D eigenvalue weighted by atomic mass is 10.1. The van der Waals surface area contributed by atoms with Crippen molar-refractivity contribution in [1.82, 2.24) is 5.43 Å². The van der Waals surface area contributed by atoms with E-state index in [0.29, 0.717) is 5.69 Å². The van der Waals surface area contributed by atoms with Crippen LogP contribution in [0, 0.1) is 10.1 Å². The summed E-state index contributed by atoms with van der Waals surface area (Å²) in [6.45, 7) is 1.84. The lowest BCUT2D eigenvalue weighted by Gasteiger charge is -2.08. The van der Waals surface area contributed by atoms with Crippen molar-refractivity contribution in [1.29, 1.82) is 0 Å². The number of para-hydroxylation sites is 2. The Morgan fingerprint density at radius 3 is 2.45 bits per heavy atom. The molecule has 0 aliphatic carbocycles. The smallest absolute Gasteiger partial charge is 0.292 e. The molecule has 0 unspecified atom stereocenters. The lowest BCUT2D eigenvalue weighted by Crippen LogP contribution is -2.25. The Balaban J connectivity index is 2.04. The van der Waals surface area contributed by atoms with Gasteiger partial charge in [-0.3, -0.25) is 15.5 Å². The van der Waals surface area contributed by atoms with Gasteiger partial charge in [0.1, 0.15) is 5.69 Å². The summed E-state index contributed by atoms with van der Waals surface area (Å²) in [5.74, 6) is 0. The van der Waals surface area contributed by atoms with E-state index >= 15 is 0 Å². The molecule has 0 spiro atoms. The third kappa shape index (κ3) is 4.10. The normalized spacial score (nSPS) is 10.9. The van der Waals surface area contributed by atoms with Crippen molar-refractivity contribution in [2.24, 2.45) is 5.10 Å². The van der Waals surface area contributed by atoms with Gasteiger partial charge in [-0.05, 0) is 30.8 Å². The van der Waals surface area contributed by atoms with Gasteiger partial charge >= 0.3 is 0 Å². The van der Waals surface area contributed by atoms with Crippen LogP contribution in [0.3, 0.4) is 0 Å². The van der Waals surface area contributed by atoms with E-state index in [0.717, 1.165) is 11.3 Å². The van der Waals surface area contributed by atoms with Gasteiger partial charge in [-0.15, -0.1) is 0 Å². The van der Waals surface area contributed by atoms with E-state index in [1.165, 1.54) is 6.07 Å². The van der Waals surface area contributed by atoms with Crippen molar-refractivity contribution in [2.75, 3.05) is 5.32 Å². The number of thiocarbonyl (C=S) groups is 1. The van der Waals surface area contributed by atoms with Crippen molar-refractivity contribution >= 4 is 34.4 Å². The number of nitro groups is 1. The number of rotatable bonds is 4. The highest BCUT2D eigenvalue weighted by Gasteiger charge is 2.12. The van der Waals surface area contributed by atoms with Gasteiger partial charge in [0.25, 0.3) is 5.69 Å². The van der Waals surface area contributed by atoms with Crippen LogP contribution >= 0.6 is 12.2 Å². The molecule has 0 bridgehead atoms. The number of hydrogen-bond donors (Lipinski definition) is 2. The molecule has 0 fully saturated rings. The van der Waals surface area contributed by atoms with Gasteiger partial charge in [0, 0.05) is 6.07 Å². The summed E-state index contributed by atoms with van der Waals surface area (Å²) >= 11 is 5.10. The van der Waals surface area contributed by atoms with E-state index in [9.17, 15) is 10.1 Å². The fourth-order valence-corrected chi connectivity index (χ4v) is 1.92. The second-order valence-corrected chi connectivity index (χ2v) is 4.81. The van der Waals surface area contributed by atoms with E-state index in [4.69, 9.17) is 12.2 Å². The molecule has 0 saturated carbocycles. The Kier molecular flexibility index (Phi) is 5.16. The molecule has 112 valence electrons. The molecule has 22 heavy (non-hydrogen) atoms. The van der Waals surface area contributed by atoms with E-state index < -0.39 is 4.92 Å². The van der Waals surface area contributed by atoms with Crippen molar-refractivity contribution in [3.05, 3.63) is 70.3 Å². The molecular weight excluding hydrogens is 300 g/mol. The summed E-state index contributed by atoms with van der Waals surface area (Å²) in [6.07, 6.45) is 0. The molecule has 0 amide bonds. The fourth-order valence-electron chi connectivity index (χ4n) is 1.77. The third-order valence-corrected chi connectivity index (χ3v) is 3.06. The first-order valence-electron chi connectivity index (χ1n) is 6.48. The van der Waals surface area contributed by atoms with Gasteiger partial charge in [-0.2, -0.15) is 5.10 Å². The summed E-state index contributed by atoms with van der Waals surface area (Å²) in [4.78, 5) is 10.5. The van der Waals surface area contributed by atoms with Crippen LogP contribution in [-0.4, -0.2) is 15.7 Å². The van der Waals surface area contributed by atoms with Crippen LogP contribution < -0.4 is 10.7 Å². The molecule has 2 aromatic carbocycles. The Morgan fingerprint density at radius 2 is 1.77 bits per heavy atom. The van der Waals surface area contributed by atoms with Crippen molar-refractivity contribution < 1.29 is 4.92 Å². The zero-order valence-corrected chi connectivity index (χ0v) is 12.6. The Morgan fingerprint density at radius 1 is 1.14 bits per heavy atom. The molecule has 0 aliphatic rings. The summed E-state index contributed by atoms with van der Waals surface area (Å²) in [5, 5.41) is 18.0. The second-order valence-electron chi connectivity index (χ2n) is 4.40. The van der Waals surface area contributed by atoms with Gasteiger partial charge in [-0.25, -0.2) is 0 Å². The monoisotopic (exact) mass is 314 g/mol. The predicted molar refractivity (Wildman–Crippen MR) is 91.1 cm³/mol. The number of hydrazone groups is 1. The van der Waals surface area contributed by atoms with Gasteiger partial charge in [0.05, 0.1) is 10.6 Å². The number of nitrogens with zero attached hydrogens (tertiary/aromatic N) is 2. The van der Waals surface area contributed by atoms with E-state index in [1.54, 1.807) is 18.2 Å². The van der Waals surface area contributed by atoms with Gasteiger partial charge in [-0.1, -0.05) is 42.5 Å². The molecule has 0 radical (unpaired) electrons. The molecule has 6 nitrogen and oxygen atoms in total. The van der Waals surface area contributed by atoms with Crippen molar-refractivity contribution in [3.63, 3.8) is 0 Å². The maximum Gasteiger partial charge on any atom is 0.292 e. The van der Waals surface area contributed by atoms with Crippen LogP contribution in [0.1, 0.15) is 12.5 Å². The Hall–Kier alpha value is -2.80. The topological polar surface area (TPSA) is 79.6 Å². The summed E-state index contributed by atoms with van der Waals surface area (Å²) in [5.41, 5.74) is 4.67. The molecule has 0 atom stereocenters. The molecule has 0 saturated heterocycles. The average molecular weight is 314 g/mol. The number of nitrogens with one attached hydrogen (secondary N) is 2. The summed E-state index contributed by atoms with van der Waals surface area (Å²) in [7, 11) is 0. The zero-order valence-electron chi connectivity index (χ0n) is 11.8. The molecule has 2 aromatic rings. The quantitative estimate of drug-likeness (QED) is 0.392.